The van der Waals surface area contributed by atoms with Gasteiger partial charge in [-0.25, -0.2) is 0 Å². The van der Waals surface area contributed by atoms with Crippen molar-refractivity contribution in [2.24, 2.45) is 5.92 Å². The second kappa shape index (κ2) is 9.57. The van der Waals surface area contributed by atoms with E-state index in [1.54, 1.807) is 0 Å². The summed E-state index contributed by atoms with van der Waals surface area (Å²) in [7, 11) is 0. The Morgan fingerprint density at radius 2 is 1.62 bits per heavy atom. The Hall–Kier alpha value is -2.85. The zero-order valence-corrected chi connectivity index (χ0v) is 16.6. The molecule has 4 nitrogen and oxygen atoms in total. The van der Waals surface area contributed by atoms with E-state index in [0.29, 0.717) is 12.5 Å². The number of likely N-dealkylation sites (tertiary alicyclic amines) is 1. The van der Waals surface area contributed by atoms with Crippen LogP contribution in [0.15, 0.2) is 72.8 Å². The van der Waals surface area contributed by atoms with Gasteiger partial charge in [0.2, 0.25) is 0 Å². The summed E-state index contributed by atoms with van der Waals surface area (Å²) in [5, 5.41) is 2.29. The number of carbonyl (C=O) groups is 1. The van der Waals surface area contributed by atoms with Crippen LogP contribution >= 0.6 is 0 Å². The molecule has 0 spiro atoms. The van der Waals surface area contributed by atoms with Crippen molar-refractivity contribution < 1.29 is 14.3 Å². The molecule has 0 radical (unpaired) electrons. The van der Waals surface area contributed by atoms with Gasteiger partial charge in [0.15, 0.2) is 6.61 Å². The molecule has 3 aromatic carbocycles. The maximum atomic E-state index is 12.5. The molecule has 0 N–H and O–H groups in total. The van der Waals surface area contributed by atoms with E-state index in [4.69, 9.17) is 9.47 Å². The first-order valence-corrected chi connectivity index (χ1v) is 10.3. The van der Waals surface area contributed by atoms with E-state index >= 15 is 0 Å². The number of piperidine rings is 1. The van der Waals surface area contributed by atoms with Crippen LogP contribution in [0.4, 0.5) is 0 Å². The number of hydrogen-bond acceptors (Lipinski definition) is 3. The molecule has 0 aliphatic carbocycles. The van der Waals surface area contributed by atoms with Gasteiger partial charge in [-0.15, -0.1) is 0 Å². The Balaban J connectivity index is 1.18. The van der Waals surface area contributed by atoms with Crippen LogP contribution in [-0.2, 0) is 16.1 Å². The van der Waals surface area contributed by atoms with E-state index in [0.717, 1.165) is 43.7 Å². The van der Waals surface area contributed by atoms with Crippen LogP contribution in [0.1, 0.15) is 18.4 Å². The summed E-state index contributed by atoms with van der Waals surface area (Å²) < 4.78 is 11.6. The highest BCUT2D eigenvalue weighted by Gasteiger charge is 2.23. The predicted molar refractivity (Wildman–Crippen MR) is 115 cm³/mol. The third kappa shape index (κ3) is 5.36. The number of carbonyl (C=O) groups excluding carboxylic acids is 1. The van der Waals surface area contributed by atoms with Crippen molar-refractivity contribution in [2.45, 2.75) is 19.4 Å². The molecule has 1 saturated heterocycles. The molecule has 1 fully saturated rings. The lowest BCUT2D eigenvalue weighted by molar-refractivity contribution is -0.135. The average Bonchev–Trinajstić information content (AvgIpc) is 2.78. The number of nitrogens with zero attached hydrogens (tertiary/aromatic N) is 1. The van der Waals surface area contributed by atoms with Gasteiger partial charge in [-0.3, -0.25) is 4.79 Å². The lowest BCUT2D eigenvalue weighted by Gasteiger charge is -2.31. The summed E-state index contributed by atoms with van der Waals surface area (Å²) in [6.45, 7) is 3.05. The lowest BCUT2D eigenvalue weighted by atomic mass is 9.98. The van der Waals surface area contributed by atoms with Crippen molar-refractivity contribution >= 4 is 16.7 Å². The van der Waals surface area contributed by atoms with E-state index in [1.807, 2.05) is 53.4 Å². The van der Waals surface area contributed by atoms with Gasteiger partial charge in [-0.05, 0) is 47.2 Å². The van der Waals surface area contributed by atoms with Crippen LogP contribution in [0.2, 0.25) is 0 Å². The van der Waals surface area contributed by atoms with Gasteiger partial charge in [0.1, 0.15) is 5.75 Å². The fraction of sp³-hybridized carbons (Fsp3) is 0.320. The van der Waals surface area contributed by atoms with Crippen LogP contribution < -0.4 is 4.74 Å². The van der Waals surface area contributed by atoms with E-state index in [9.17, 15) is 4.79 Å². The molecule has 3 aromatic rings. The zero-order valence-electron chi connectivity index (χ0n) is 16.6. The second-order valence-electron chi connectivity index (χ2n) is 7.62. The van der Waals surface area contributed by atoms with Crippen molar-refractivity contribution in [2.75, 3.05) is 26.3 Å². The molecule has 0 atom stereocenters. The standard InChI is InChI=1S/C25H27NO3/c27-25(19-29-24-11-10-22-8-4-5-9-23(22)16-24)26-14-12-21(13-15-26)18-28-17-20-6-2-1-3-7-20/h1-11,16,21H,12-15,17-19H2. The van der Waals surface area contributed by atoms with E-state index in [1.165, 1.54) is 10.9 Å². The van der Waals surface area contributed by atoms with Crippen LogP contribution in [0, 0.1) is 5.92 Å². The van der Waals surface area contributed by atoms with Gasteiger partial charge < -0.3 is 14.4 Å². The average molecular weight is 389 g/mol. The van der Waals surface area contributed by atoms with E-state index < -0.39 is 0 Å². The number of hydrogen-bond donors (Lipinski definition) is 0. The Morgan fingerprint density at radius 3 is 2.41 bits per heavy atom. The van der Waals surface area contributed by atoms with Gasteiger partial charge in [0, 0.05) is 19.7 Å². The van der Waals surface area contributed by atoms with Crippen molar-refractivity contribution in [1.29, 1.82) is 0 Å². The summed E-state index contributed by atoms with van der Waals surface area (Å²) in [6, 6.07) is 24.3. The Bertz CT molecular complexity index is 933. The van der Waals surface area contributed by atoms with Crippen LogP contribution in [0.3, 0.4) is 0 Å². The molecule has 1 heterocycles. The fourth-order valence-electron chi connectivity index (χ4n) is 3.76. The maximum Gasteiger partial charge on any atom is 0.260 e. The summed E-state index contributed by atoms with van der Waals surface area (Å²) in [6.07, 6.45) is 1.97. The molecule has 0 unspecified atom stereocenters. The molecule has 1 aliphatic rings. The highest BCUT2D eigenvalue weighted by Crippen LogP contribution is 2.21. The van der Waals surface area contributed by atoms with Crippen LogP contribution in [0.25, 0.3) is 10.8 Å². The third-order valence-electron chi connectivity index (χ3n) is 5.52. The molecule has 0 aromatic heterocycles. The molecule has 150 valence electrons. The highest BCUT2D eigenvalue weighted by molar-refractivity contribution is 5.84. The molecule has 4 rings (SSSR count). The van der Waals surface area contributed by atoms with E-state index in [2.05, 4.69) is 24.3 Å². The van der Waals surface area contributed by atoms with Gasteiger partial charge in [0.25, 0.3) is 5.91 Å². The summed E-state index contributed by atoms with van der Waals surface area (Å²) in [4.78, 5) is 14.4. The molecule has 1 aliphatic heterocycles. The normalized spacial score (nSPS) is 14.8. The minimum Gasteiger partial charge on any atom is -0.484 e. The Labute approximate surface area is 172 Å². The second-order valence-corrected chi connectivity index (χ2v) is 7.62. The first-order chi connectivity index (χ1) is 14.3. The smallest absolute Gasteiger partial charge is 0.260 e. The number of rotatable bonds is 7. The Kier molecular flexibility index (Phi) is 6.42. The van der Waals surface area contributed by atoms with Crippen molar-refractivity contribution in [1.82, 2.24) is 4.90 Å². The van der Waals surface area contributed by atoms with Gasteiger partial charge in [-0.2, -0.15) is 0 Å². The molecule has 4 heteroatoms. The number of amides is 1. The minimum atomic E-state index is 0.0572. The molecule has 0 bridgehead atoms. The molecular weight excluding hydrogens is 362 g/mol. The predicted octanol–water partition coefficient (Wildman–Crippen LogP) is 4.67. The van der Waals surface area contributed by atoms with Gasteiger partial charge in [0.05, 0.1) is 6.61 Å². The zero-order chi connectivity index (χ0) is 19.9. The first kappa shape index (κ1) is 19.5. The van der Waals surface area contributed by atoms with Crippen LogP contribution in [0.5, 0.6) is 5.75 Å². The van der Waals surface area contributed by atoms with Crippen LogP contribution in [-0.4, -0.2) is 37.1 Å². The van der Waals surface area contributed by atoms with Gasteiger partial charge >= 0.3 is 0 Å². The monoisotopic (exact) mass is 389 g/mol. The first-order valence-electron chi connectivity index (χ1n) is 10.3. The number of fused-ring (bicyclic) bond motifs is 1. The summed E-state index contributed by atoms with van der Waals surface area (Å²) in [5.74, 6) is 1.31. The summed E-state index contributed by atoms with van der Waals surface area (Å²) >= 11 is 0. The SMILES string of the molecule is O=C(COc1ccc2ccccc2c1)N1CCC(COCc2ccccc2)CC1. The molecular formula is C25H27NO3. The molecule has 29 heavy (non-hydrogen) atoms. The lowest BCUT2D eigenvalue weighted by Crippen LogP contribution is -2.41. The molecule has 1 amide bonds. The number of ether oxygens (including phenoxy) is 2. The third-order valence-corrected chi connectivity index (χ3v) is 5.52. The summed E-state index contributed by atoms with van der Waals surface area (Å²) in [5.41, 5.74) is 1.20. The maximum absolute atomic E-state index is 12.5. The van der Waals surface area contributed by atoms with Crippen molar-refractivity contribution in [3.8, 4) is 5.75 Å². The number of benzene rings is 3. The van der Waals surface area contributed by atoms with Crippen molar-refractivity contribution in [3.63, 3.8) is 0 Å². The Morgan fingerprint density at radius 1 is 0.897 bits per heavy atom. The quantitative estimate of drug-likeness (QED) is 0.589. The fourth-order valence-corrected chi connectivity index (χ4v) is 3.76. The largest absolute Gasteiger partial charge is 0.484 e. The highest BCUT2D eigenvalue weighted by atomic mass is 16.5. The van der Waals surface area contributed by atoms with Crippen molar-refractivity contribution in [3.05, 3.63) is 78.4 Å². The van der Waals surface area contributed by atoms with Gasteiger partial charge in [-0.1, -0.05) is 60.7 Å². The topological polar surface area (TPSA) is 38.8 Å². The minimum absolute atomic E-state index is 0.0572. The molecule has 0 saturated carbocycles. The van der Waals surface area contributed by atoms with E-state index in [-0.39, 0.29) is 12.5 Å².